The van der Waals surface area contributed by atoms with E-state index in [1.165, 1.54) is 6.92 Å². The first-order chi connectivity index (χ1) is 6.28. The lowest BCUT2D eigenvalue weighted by Gasteiger charge is -2.49. The average Bonchev–Trinajstić information content (AvgIpc) is 2.01. The molecule has 0 spiro atoms. The number of rotatable bonds is 0. The monoisotopic (exact) mass is 199 g/mol. The third kappa shape index (κ3) is 3.26. The lowest BCUT2D eigenvalue weighted by atomic mass is 9.95. The molecule has 0 bridgehead atoms. The zero-order valence-electron chi connectivity index (χ0n) is 9.79. The van der Waals surface area contributed by atoms with E-state index in [1.807, 2.05) is 5.01 Å². The van der Waals surface area contributed by atoms with Crippen LogP contribution in [0.1, 0.15) is 34.6 Å². The van der Waals surface area contributed by atoms with Gasteiger partial charge in [0.25, 0.3) is 0 Å². The van der Waals surface area contributed by atoms with Gasteiger partial charge in [-0.1, -0.05) is 0 Å². The van der Waals surface area contributed by atoms with E-state index >= 15 is 0 Å². The Morgan fingerprint density at radius 2 is 1.50 bits per heavy atom. The molecule has 1 fully saturated rings. The minimum atomic E-state index is -0.0399. The predicted octanol–water partition coefficient (Wildman–Crippen LogP) is 1.28. The van der Waals surface area contributed by atoms with Crippen LogP contribution >= 0.6 is 0 Å². The van der Waals surface area contributed by atoms with E-state index in [-0.39, 0.29) is 11.1 Å². The topological polar surface area (TPSA) is 62.3 Å². The molecule has 14 heavy (non-hydrogen) atoms. The second kappa shape index (κ2) is 4.74. The van der Waals surface area contributed by atoms with Crippen molar-refractivity contribution < 1.29 is 4.74 Å². The molecular weight excluding hydrogens is 178 g/mol. The van der Waals surface area contributed by atoms with Gasteiger partial charge in [-0.05, 0) is 27.7 Å². The van der Waals surface area contributed by atoms with Gasteiger partial charge in [-0.25, -0.2) is 5.01 Å². The normalized spacial score (nSPS) is 24.4. The quantitative estimate of drug-likeness (QED) is 0.597. The summed E-state index contributed by atoms with van der Waals surface area (Å²) in [5, 5.41) is 9.21. The van der Waals surface area contributed by atoms with Crippen LogP contribution in [0.25, 0.3) is 0 Å². The molecule has 0 aromatic heterocycles. The van der Waals surface area contributed by atoms with E-state index in [9.17, 15) is 0 Å². The van der Waals surface area contributed by atoms with Gasteiger partial charge in [0.05, 0.1) is 30.4 Å². The van der Waals surface area contributed by atoms with Crippen LogP contribution < -0.4 is 5.84 Å². The van der Waals surface area contributed by atoms with Crippen LogP contribution in [0, 0.1) is 11.3 Å². The van der Waals surface area contributed by atoms with E-state index in [0.717, 1.165) is 0 Å². The lowest BCUT2D eigenvalue weighted by Crippen LogP contribution is -2.66. The number of ether oxygens (including phenoxy) is 1. The standard InChI is InChI=1S/C8H18N2O.C2H3N/c1-7(2)5-11-6-8(3,4)10(7)9;1-2-3/h5-6,9H2,1-4H3;1H3. The lowest BCUT2D eigenvalue weighted by molar-refractivity contribution is -0.128. The summed E-state index contributed by atoms with van der Waals surface area (Å²) in [6.07, 6.45) is 0. The summed E-state index contributed by atoms with van der Waals surface area (Å²) in [5.41, 5.74) is -0.0799. The van der Waals surface area contributed by atoms with Gasteiger partial charge >= 0.3 is 0 Å². The average molecular weight is 199 g/mol. The molecule has 1 aliphatic rings. The highest BCUT2D eigenvalue weighted by Crippen LogP contribution is 2.26. The Morgan fingerprint density at radius 1 is 1.21 bits per heavy atom. The van der Waals surface area contributed by atoms with Gasteiger partial charge in [-0.15, -0.1) is 0 Å². The Kier molecular flexibility index (Phi) is 4.53. The van der Waals surface area contributed by atoms with E-state index < -0.39 is 0 Å². The summed E-state index contributed by atoms with van der Waals surface area (Å²) < 4.78 is 5.45. The Morgan fingerprint density at radius 3 is 1.71 bits per heavy atom. The van der Waals surface area contributed by atoms with E-state index in [2.05, 4.69) is 27.7 Å². The maximum absolute atomic E-state index is 7.32. The van der Waals surface area contributed by atoms with Gasteiger partial charge in [0.15, 0.2) is 0 Å². The highest BCUT2D eigenvalue weighted by molar-refractivity contribution is 4.92. The van der Waals surface area contributed by atoms with Crippen molar-refractivity contribution in [3.05, 3.63) is 0 Å². The summed E-state index contributed by atoms with van der Waals surface area (Å²) in [4.78, 5) is 0. The number of hydrogen-bond acceptors (Lipinski definition) is 4. The van der Waals surface area contributed by atoms with Crippen molar-refractivity contribution in [2.75, 3.05) is 13.2 Å². The van der Waals surface area contributed by atoms with Crippen LogP contribution in [0.4, 0.5) is 0 Å². The summed E-state index contributed by atoms with van der Waals surface area (Å²) in [6, 6.07) is 1.75. The summed E-state index contributed by atoms with van der Waals surface area (Å²) in [7, 11) is 0. The molecule has 0 unspecified atom stereocenters. The first kappa shape index (κ1) is 13.4. The molecule has 4 nitrogen and oxygen atoms in total. The predicted molar refractivity (Wildman–Crippen MR) is 56.3 cm³/mol. The zero-order chi connectivity index (χ0) is 11.4. The second-order valence-corrected chi connectivity index (χ2v) is 4.71. The number of morpholine rings is 1. The van der Waals surface area contributed by atoms with E-state index in [1.54, 1.807) is 6.07 Å². The van der Waals surface area contributed by atoms with Gasteiger partial charge in [0, 0.05) is 6.92 Å². The number of hydrazine groups is 1. The maximum Gasteiger partial charge on any atom is 0.0659 e. The molecule has 0 aromatic carbocycles. The van der Waals surface area contributed by atoms with Gasteiger partial charge < -0.3 is 4.74 Å². The molecule has 0 saturated carbocycles. The van der Waals surface area contributed by atoms with Crippen LogP contribution in [0.3, 0.4) is 0 Å². The van der Waals surface area contributed by atoms with Crippen molar-refractivity contribution in [3.8, 4) is 6.07 Å². The fourth-order valence-corrected chi connectivity index (χ4v) is 1.51. The zero-order valence-corrected chi connectivity index (χ0v) is 9.79. The number of nitriles is 1. The Labute approximate surface area is 86.6 Å². The second-order valence-electron chi connectivity index (χ2n) is 4.71. The summed E-state index contributed by atoms with van der Waals surface area (Å²) in [6.45, 7) is 11.2. The molecule has 0 amide bonds. The molecule has 1 aliphatic heterocycles. The van der Waals surface area contributed by atoms with Crippen LogP contribution in [-0.4, -0.2) is 29.3 Å². The highest BCUT2D eigenvalue weighted by Gasteiger charge is 2.40. The van der Waals surface area contributed by atoms with Crippen LogP contribution in [0.2, 0.25) is 0 Å². The number of nitrogens with zero attached hydrogens (tertiary/aromatic N) is 2. The molecule has 0 atom stereocenters. The van der Waals surface area contributed by atoms with Crippen molar-refractivity contribution in [2.45, 2.75) is 45.7 Å². The third-order valence-corrected chi connectivity index (χ3v) is 2.21. The molecule has 0 radical (unpaired) electrons. The van der Waals surface area contributed by atoms with Gasteiger partial charge in [0.1, 0.15) is 0 Å². The van der Waals surface area contributed by atoms with Crippen LogP contribution in [0.15, 0.2) is 0 Å². The summed E-state index contributed by atoms with van der Waals surface area (Å²) >= 11 is 0. The first-order valence-corrected chi connectivity index (χ1v) is 4.71. The molecule has 1 rings (SSSR count). The fraction of sp³-hybridized carbons (Fsp3) is 0.900. The molecule has 4 heteroatoms. The van der Waals surface area contributed by atoms with E-state index in [0.29, 0.717) is 13.2 Å². The Hall–Kier alpha value is -0.630. The van der Waals surface area contributed by atoms with Crippen molar-refractivity contribution in [2.24, 2.45) is 5.84 Å². The molecule has 0 aromatic rings. The molecule has 2 N–H and O–H groups in total. The minimum absolute atomic E-state index is 0.0399. The third-order valence-electron chi connectivity index (χ3n) is 2.21. The van der Waals surface area contributed by atoms with Crippen molar-refractivity contribution in [1.29, 1.82) is 5.26 Å². The SMILES string of the molecule is CC#N.CC1(C)COCC(C)(C)N1N. The smallest absolute Gasteiger partial charge is 0.0659 e. The van der Waals surface area contributed by atoms with Crippen LogP contribution in [-0.2, 0) is 4.74 Å². The number of hydrogen-bond donors (Lipinski definition) is 1. The maximum atomic E-state index is 7.32. The van der Waals surface area contributed by atoms with E-state index in [4.69, 9.17) is 15.8 Å². The molecule has 0 aliphatic carbocycles. The molecule has 82 valence electrons. The molecular formula is C10H21N3O. The summed E-state index contributed by atoms with van der Waals surface area (Å²) in [5.74, 6) is 5.94. The van der Waals surface area contributed by atoms with Crippen molar-refractivity contribution in [3.63, 3.8) is 0 Å². The molecule has 1 heterocycles. The number of nitrogens with two attached hydrogens (primary N) is 1. The van der Waals surface area contributed by atoms with Crippen molar-refractivity contribution in [1.82, 2.24) is 5.01 Å². The largest absolute Gasteiger partial charge is 0.378 e. The van der Waals surface area contributed by atoms with Crippen molar-refractivity contribution >= 4 is 0 Å². The van der Waals surface area contributed by atoms with Gasteiger partial charge in [-0.2, -0.15) is 5.26 Å². The molecule has 1 saturated heterocycles. The van der Waals surface area contributed by atoms with Gasteiger partial charge in [0.2, 0.25) is 0 Å². The van der Waals surface area contributed by atoms with Gasteiger partial charge in [-0.3, -0.25) is 5.84 Å². The highest BCUT2D eigenvalue weighted by atomic mass is 16.5. The Balaban J connectivity index is 0.000000500. The minimum Gasteiger partial charge on any atom is -0.378 e. The first-order valence-electron chi connectivity index (χ1n) is 4.71. The fourth-order valence-electron chi connectivity index (χ4n) is 1.51. The van der Waals surface area contributed by atoms with Crippen LogP contribution in [0.5, 0.6) is 0 Å². The Bertz CT molecular complexity index is 202.